The second-order valence-electron chi connectivity index (χ2n) is 5.03. The lowest BCUT2D eigenvalue weighted by Crippen LogP contribution is -2.43. The first-order valence-corrected chi connectivity index (χ1v) is 6.32. The van der Waals surface area contributed by atoms with Crippen LogP contribution in [0.5, 0.6) is 0 Å². The largest absolute Gasteiger partial charge is 0.417 e. The molecule has 0 aliphatic carbocycles. The topological polar surface area (TPSA) is 36.4 Å². The number of rotatable bonds is 2. The number of anilines is 1. The van der Waals surface area contributed by atoms with Gasteiger partial charge in [-0.15, -0.1) is 0 Å². The zero-order valence-electron chi connectivity index (χ0n) is 10.7. The summed E-state index contributed by atoms with van der Waals surface area (Å²) < 4.78 is 37.4. The minimum Gasteiger partial charge on any atom is -0.396 e. The number of halogens is 3. The van der Waals surface area contributed by atoms with Gasteiger partial charge in [-0.3, -0.25) is 0 Å². The van der Waals surface area contributed by atoms with Gasteiger partial charge in [0.1, 0.15) is 5.82 Å². The van der Waals surface area contributed by atoms with E-state index in [9.17, 15) is 18.3 Å². The van der Waals surface area contributed by atoms with Crippen molar-refractivity contribution in [3.8, 4) is 0 Å². The highest BCUT2D eigenvalue weighted by molar-refractivity contribution is 5.41. The van der Waals surface area contributed by atoms with Gasteiger partial charge in [0.2, 0.25) is 0 Å². The molecule has 0 bridgehead atoms. The summed E-state index contributed by atoms with van der Waals surface area (Å²) in [4.78, 5) is 5.88. The first-order valence-electron chi connectivity index (χ1n) is 6.32. The van der Waals surface area contributed by atoms with Gasteiger partial charge in [-0.2, -0.15) is 13.2 Å². The maximum atomic E-state index is 12.5. The highest BCUT2D eigenvalue weighted by atomic mass is 19.4. The molecule has 3 nitrogen and oxygen atoms in total. The van der Waals surface area contributed by atoms with Crippen molar-refractivity contribution in [3.05, 3.63) is 23.9 Å². The molecule has 6 heteroatoms. The zero-order valence-corrected chi connectivity index (χ0v) is 10.7. The third-order valence-electron chi connectivity index (χ3n) is 3.61. The van der Waals surface area contributed by atoms with Crippen LogP contribution in [0.25, 0.3) is 0 Å². The molecule has 0 spiro atoms. The van der Waals surface area contributed by atoms with E-state index in [1.165, 1.54) is 6.07 Å². The molecule has 1 aliphatic heterocycles. The summed E-state index contributed by atoms with van der Waals surface area (Å²) in [5, 5.41) is 9.20. The van der Waals surface area contributed by atoms with E-state index in [4.69, 9.17) is 0 Å². The van der Waals surface area contributed by atoms with Gasteiger partial charge in [-0.25, -0.2) is 4.98 Å². The van der Waals surface area contributed by atoms with Gasteiger partial charge in [0.25, 0.3) is 0 Å². The first kappa shape index (κ1) is 14.1. The number of pyridine rings is 1. The number of aliphatic hydroxyl groups is 1. The number of alkyl halides is 3. The van der Waals surface area contributed by atoms with Crippen LogP contribution in [-0.4, -0.2) is 29.3 Å². The quantitative estimate of drug-likeness (QED) is 0.900. The number of hydrogen-bond acceptors (Lipinski definition) is 3. The van der Waals surface area contributed by atoms with Crippen molar-refractivity contribution in [1.29, 1.82) is 0 Å². The first-order chi connectivity index (χ1) is 8.91. The van der Waals surface area contributed by atoms with Crippen molar-refractivity contribution in [2.45, 2.75) is 32.0 Å². The monoisotopic (exact) mass is 274 g/mol. The molecule has 1 fully saturated rings. The minimum absolute atomic E-state index is 0.101. The second-order valence-corrected chi connectivity index (χ2v) is 5.03. The Bertz CT molecular complexity index is 419. The molecule has 106 valence electrons. The Morgan fingerprint density at radius 3 is 2.63 bits per heavy atom. The Balaban J connectivity index is 2.16. The summed E-state index contributed by atoms with van der Waals surface area (Å²) in [7, 11) is 0. The van der Waals surface area contributed by atoms with Crippen LogP contribution in [-0.2, 0) is 6.18 Å². The summed E-state index contributed by atoms with van der Waals surface area (Å²) in [6.45, 7) is 2.76. The van der Waals surface area contributed by atoms with E-state index in [-0.39, 0.29) is 18.6 Å². The van der Waals surface area contributed by atoms with E-state index >= 15 is 0 Å². The van der Waals surface area contributed by atoms with Gasteiger partial charge in [0.05, 0.1) is 5.56 Å². The maximum Gasteiger partial charge on any atom is 0.417 e. The summed E-state index contributed by atoms with van der Waals surface area (Å²) >= 11 is 0. The normalized spacial score (nSPS) is 24.6. The fraction of sp³-hybridized carbons (Fsp3) is 0.615. The van der Waals surface area contributed by atoms with Crippen molar-refractivity contribution in [3.63, 3.8) is 0 Å². The smallest absolute Gasteiger partial charge is 0.396 e. The molecule has 2 rings (SSSR count). The zero-order chi connectivity index (χ0) is 14.0. The molecule has 19 heavy (non-hydrogen) atoms. The van der Waals surface area contributed by atoms with Crippen molar-refractivity contribution in [2.75, 3.05) is 18.1 Å². The van der Waals surface area contributed by atoms with E-state index in [0.29, 0.717) is 12.4 Å². The molecule has 2 heterocycles. The number of nitrogens with zero attached hydrogens (tertiary/aromatic N) is 2. The van der Waals surface area contributed by atoms with E-state index in [2.05, 4.69) is 4.98 Å². The Morgan fingerprint density at radius 1 is 1.37 bits per heavy atom. The third kappa shape index (κ3) is 3.18. The van der Waals surface area contributed by atoms with Gasteiger partial charge in [-0.1, -0.05) is 0 Å². The predicted octanol–water partition coefficient (Wildman–Crippen LogP) is 2.70. The number of aliphatic hydroxyl groups excluding tert-OH is 1. The average molecular weight is 274 g/mol. The highest BCUT2D eigenvalue weighted by Gasteiger charge is 2.31. The molecule has 1 aliphatic rings. The summed E-state index contributed by atoms with van der Waals surface area (Å²) in [6, 6.07) is 2.68. The molecule has 0 unspecified atom stereocenters. The molecule has 1 N–H and O–H groups in total. The fourth-order valence-electron chi connectivity index (χ4n) is 2.37. The van der Waals surface area contributed by atoms with Crippen molar-refractivity contribution < 1.29 is 18.3 Å². The van der Waals surface area contributed by atoms with Crippen LogP contribution in [0.4, 0.5) is 19.0 Å². The molecule has 1 aromatic rings. The van der Waals surface area contributed by atoms with Crippen LogP contribution >= 0.6 is 0 Å². The van der Waals surface area contributed by atoms with Crippen LogP contribution < -0.4 is 4.90 Å². The third-order valence-corrected chi connectivity index (χ3v) is 3.61. The Morgan fingerprint density at radius 2 is 2.11 bits per heavy atom. The number of piperidine rings is 1. The van der Waals surface area contributed by atoms with E-state index < -0.39 is 11.7 Å². The standard InChI is InChI=1S/C13H17F3N2O/c1-9-2-3-10(8-19)7-18(9)12-5-4-11(6-17-12)13(14,15)16/h4-6,9-10,19H,2-3,7-8H2,1H3/t9-,10+/m0/s1. The lowest BCUT2D eigenvalue weighted by molar-refractivity contribution is -0.137. The molecule has 0 saturated carbocycles. The molecule has 0 amide bonds. The summed E-state index contributed by atoms with van der Waals surface area (Å²) in [5.41, 5.74) is -0.736. The highest BCUT2D eigenvalue weighted by Crippen LogP contribution is 2.31. The summed E-state index contributed by atoms with van der Waals surface area (Å²) in [6.07, 6.45) is -1.64. The summed E-state index contributed by atoms with van der Waals surface area (Å²) in [5.74, 6) is 0.707. The van der Waals surface area contributed by atoms with Gasteiger partial charge in [-0.05, 0) is 37.8 Å². The number of aromatic nitrogens is 1. The number of hydrogen-bond donors (Lipinski definition) is 1. The van der Waals surface area contributed by atoms with Crippen LogP contribution in [0.3, 0.4) is 0 Å². The lowest BCUT2D eigenvalue weighted by atomic mass is 9.94. The predicted molar refractivity (Wildman–Crippen MR) is 65.9 cm³/mol. The molecule has 0 aromatic carbocycles. The molecule has 0 radical (unpaired) electrons. The van der Waals surface area contributed by atoms with Crippen LogP contribution in [0.15, 0.2) is 18.3 Å². The van der Waals surface area contributed by atoms with E-state index in [0.717, 1.165) is 25.1 Å². The molecule has 2 atom stereocenters. The van der Waals surface area contributed by atoms with Crippen molar-refractivity contribution in [1.82, 2.24) is 4.98 Å². The van der Waals surface area contributed by atoms with E-state index in [1.807, 2.05) is 11.8 Å². The van der Waals surface area contributed by atoms with Crippen molar-refractivity contribution in [2.24, 2.45) is 5.92 Å². The minimum atomic E-state index is -4.35. The maximum absolute atomic E-state index is 12.5. The Kier molecular flexibility index (Phi) is 3.99. The Hall–Kier alpha value is -1.30. The van der Waals surface area contributed by atoms with Gasteiger partial charge >= 0.3 is 6.18 Å². The SMILES string of the molecule is C[C@H]1CC[C@@H](CO)CN1c1ccc(C(F)(F)F)cn1. The molecular weight excluding hydrogens is 257 g/mol. The fourth-order valence-corrected chi connectivity index (χ4v) is 2.37. The average Bonchev–Trinajstić information content (AvgIpc) is 2.38. The molecule has 1 aromatic heterocycles. The lowest BCUT2D eigenvalue weighted by Gasteiger charge is -2.38. The second kappa shape index (κ2) is 5.36. The van der Waals surface area contributed by atoms with Gasteiger partial charge in [0.15, 0.2) is 0 Å². The van der Waals surface area contributed by atoms with Gasteiger partial charge in [0, 0.05) is 25.4 Å². The van der Waals surface area contributed by atoms with Crippen molar-refractivity contribution >= 4 is 5.82 Å². The van der Waals surface area contributed by atoms with Gasteiger partial charge < -0.3 is 10.0 Å². The van der Waals surface area contributed by atoms with Crippen LogP contribution in [0.1, 0.15) is 25.3 Å². The molecular formula is C13H17F3N2O. The Labute approximate surface area is 110 Å². The van der Waals surface area contributed by atoms with Crippen LogP contribution in [0, 0.1) is 5.92 Å². The van der Waals surface area contributed by atoms with Crippen LogP contribution in [0.2, 0.25) is 0 Å². The molecule has 1 saturated heterocycles. The van der Waals surface area contributed by atoms with E-state index in [1.54, 1.807) is 0 Å².